The molecule has 4 heteroatoms. The molecule has 0 aromatic heterocycles. The van der Waals surface area contributed by atoms with Gasteiger partial charge in [0.05, 0.1) is 16.7 Å². The number of nitrogens with one attached hydrogen (secondary N) is 1. The molecular formula is C17H23ClN2O. The van der Waals surface area contributed by atoms with E-state index in [1.54, 1.807) is 12.1 Å². The average molecular weight is 307 g/mol. The summed E-state index contributed by atoms with van der Waals surface area (Å²) in [6.45, 7) is 9.58. The molecule has 1 saturated carbocycles. The lowest BCUT2D eigenvalue weighted by molar-refractivity contribution is -0.108. The third-order valence-electron chi connectivity index (χ3n) is 4.24. The average Bonchev–Trinajstić information content (AvgIpc) is 2.43. The SMILES string of the molecule is CC(C)COC1CC(Nc2ccc(Cl)c(C#N)c2)C1(C)C. The second kappa shape index (κ2) is 6.25. The van der Waals surface area contributed by atoms with Crippen LogP contribution < -0.4 is 5.32 Å². The lowest BCUT2D eigenvalue weighted by Crippen LogP contribution is -2.58. The van der Waals surface area contributed by atoms with E-state index in [2.05, 4.69) is 39.1 Å². The zero-order chi connectivity index (χ0) is 15.6. The second-order valence-corrected chi connectivity index (χ2v) is 7.18. The highest BCUT2D eigenvalue weighted by atomic mass is 35.5. The monoisotopic (exact) mass is 306 g/mol. The van der Waals surface area contributed by atoms with Crippen LogP contribution in [-0.2, 0) is 4.74 Å². The zero-order valence-corrected chi connectivity index (χ0v) is 13.9. The molecule has 0 spiro atoms. The maximum absolute atomic E-state index is 9.03. The molecule has 0 aliphatic heterocycles. The Hall–Kier alpha value is -1.24. The van der Waals surface area contributed by atoms with Crippen LogP contribution >= 0.6 is 11.6 Å². The highest BCUT2D eigenvalue weighted by molar-refractivity contribution is 6.31. The Bertz CT molecular complexity index is 548. The first-order valence-corrected chi connectivity index (χ1v) is 7.80. The fourth-order valence-electron chi connectivity index (χ4n) is 2.62. The van der Waals surface area contributed by atoms with E-state index in [0.29, 0.717) is 28.6 Å². The predicted molar refractivity (Wildman–Crippen MR) is 86.6 cm³/mol. The van der Waals surface area contributed by atoms with Crippen LogP contribution in [0.4, 0.5) is 5.69 Å². The Morgan fingerprint density at radius 3 is 2.76 bits per heavy atom. The van der Waals surface area contributed by atoms with Crippen molar-refractivity contribution >= 4 is 17.3 Å². The number of halogens is 1. The van der Waals surface area contributed by atoms with Gasteiger partial charge in [-0.15, -0.1) is 0 Å². The fraction of sp³-hybridized carbons (Fsp3) is 0.588. The minimum absolute atomic E-state index is 0.0847. The van der Waals surface area contributed by atoms with Crippen LogP contribution in [0.3, 0.4) is 0 Å². The first-order valence-electron chi connectivity index (χ1n) is 7.42. The topological polar surface area (TPSA) is 45.0 Å². The summed E-state index contributed by atoms with van der Waals surface area (Å²) in [7, 11) is 0. The number of rotatable bonds is 5. The van der Waals surface area contributed by atoms with Crippen molar-refractivity contribution in [2.45, 2.75) is 46.3 Å². The van der Waals surface area contributed by atoms with E-state index < -0.39 is 0 Å². The molecule has 21 heavy (non-hydrogen) atoms. The minimum atomic E-state index is 0.0847. The zero-order valence-electron chi connectivity index (χ0n) is 13.1. The largest absolute Gasteiger partial charge is 0.382 e. The van der Waals surface area contributed by atoms with Crippen molar-refractivity contribution in [1.29, 1.82) is 5.26 Å². The summed E-state index contributed by atoms with van der Waals surface area (Å²) < 4.78 is 5.97. The van der Waals surface area contributed by atoms with Crippen molar-refractivity contribution in [3.63, 3.8) is 0 Å². The number of hydrogen-bond acceptors (Lipinski definition) is 3. The molecule has 3 nitrogen and oxygen atoms in total. The molecule has 2 rings (SSSR count). The normalized spacial score (nSPS) is 23.5. The Morgan fingerprint density at radius 2 is 2.19 bits per heavy atom. The lowest BCUT2D eigenvalue weighted by atomic mass is 9.64. The van der Waals surface area contributed by atoms with Gasteiger partial charge in [-0.3, -0.25) is 0 Å². The summed E-state index contributed by atoms with van der Waals surface area (Å²) in [5.74, 6) is 0.558. The molecule has 1 aromatic carbocycles. The quantitative estimate of drug-likeness (QED) is 0.873. The Labute approximate surface area is 132 Å². The maximum atomic E-state index is 9.03. The Balaban J connectivity index is 1.98. The first-order chi connectivity index (χ1) is 9.84. The van der Waals surface area contributed by atoms with Gasteiger partial charge in [0.1, 0.15) is 6.07 Å². The van der Waals surface area contributed by atoms with Crippen molar-refractivity contribution in [3.8, 4) is 6.07 Å². The molecule has 0 bridgehead atoms. The van der Waals surface area contributed by atoms with E-state index in [-0.39, 0.29) is 5.41 Å². The van der Waals surface area contributed by atoms with Gasteiger partial charge in [-0.25, -0.2) is 0 Å². The second-order valence-electron chi connectivity index (χ2n) is 6.78. The highest BCUT2D eigenvalue weighted by Gasteiger charge is 2.49. The van der Waals surface area contributed by atoms with Crippen LogP contribution in [0.5, 0.6) is 0 Å². The van der Waals surface area contributed by atoms with Gasteiger partial charge >= 0.3 is 0 Å². The summed E-state index contributed by atoms with van der Waals surface area (Å²) in [6.07, 6.45) is 1.28. The Morgan fingerprint density at radius 1 is 1.48 bits per heavy atom. The van der Waals surface area contributed by atoms with Gasteiger partial charge in [0.15, 0.2) is 0 Å². The van der Waals surface area contributed by atoms with Crippen molar-refractivity contribution in [2.24, 2.45) is 11.3 Å². The van der Waals surface area contributed by atoms with Gasteiger partial charge in [0, 0.05) is 23.8 Å². The van der Waals surface area contributed by atoms with Crippen LogP contribution in [0, 0.1) is 22.7 Å². The smallest absolute Gasteiger partial charge is 0.101 e. The summed E-state index contributed by atoms with van der Waals surface area (Å²) in [6, 6.07) is 7.95. The van der Waals surface area contributed by atoms with Crippen LogP contribution in [0.2, 0.25) is 5.02 Å². The molecule has 114 valence electrons. The highest BCUT2D eigenvalue weighted by Crippen LogP contribution is 2.44. The number of ether oxygens (including phenoxy) is 1. The van der Waals surface area contributed by atoms with Gasteiger partial charge in [-0.2, -0.15) is 5.26 Å². The van der Waals surface area contributed by atoms with Crippen molar-refractivity contribution in [3.05, 3.63) is 28.8 Å². The van der Waals surface area contributed by atoms with Crippen molar-refractivity contribution in [1.82, 2.24) is 0 Å². The molecule has 0 radical (unpaired) electrons. The van der Waals surface area contributed by atoms with Crippen LogP contribution in [0.25, 0.3) is 0 Å². The van der Waals surface area contributed by atoms with Gasteiger partial charge in [0.25, 0.3) is 0 Å². The molecule has 0 amide bonds. The molecule has 0 saturated heterocycles. The third-order valence-corrected chi connectivity index (χ3v) is 4.57. The molecule has 2 atom stereocenters. The first kappa shape index (κ1) is 16.1. The fourth-order valence-corrected chi connectivity index (χ4v) is 2.78. The van der Waals surface area contributed by atoms with Crippen LogP contribution in [-0.4, -0.2) is 18.8 Å². The van der Waals surface area contributed by atoms with Gasteiger partial charge in [0.2, 0.25) is 0 Å². The number of nitrogens with zero attached hydrogens (tertiary/aromatic N) is 1. The van der Waals surface area contributed by atoms with E-state index in [1.807, 2.05) is 6.07 Å². The number of anilines is 1. The van der Waals surface area contributed by atoms with Crippen molar-refractivity contribution < 1.29 is 4.74 Å². The summed E-state index contributed by atoms with van der Waals surface area (Å²) in [5.41, 5.74) is 1.53. The van der Waals surface area contributed by atoms with E-state index in [1.165, 1.54) is 0 Å². The molecular weight excluding hydrogens is 284 g/mol. The summed E-state index contributed by atoms with van der Waals surface area (Å²) in [4.78, 5) is 0. The van der Waals surface area contributed by atoms with Gasteiger partial charge < -0.3 is 10.1 Å². The molecule has 1 N–H and O–H groups in total. The molecule has 1 aliphatic carbocycles. The number of hydrogen-bond donors (Lipinski definition) is 1. The number of benzene rings is 1. The molecule has 0 heterocycles. The third kappa shape index (κ3) is 3.51. The summed E-state index contributed by atoms with van der Waals surface area (Å²) >= 11 is 5.96. The van der Waals surface area contributed by atoms with Crippen molar-refractivity contribution in [2.75, 3.05) is 11.9 Å². The van der Waals surface area contributed by atoms with Gasteiger partial charge in [-0.05, 0) is 30.5 Å². The standard InChI is InChI=1S/C17H23ClN2O/c1-11(2)10-21-16-8-15(17(16,3)4)20-13-5-6-14(18)12(7-13)9-19/h5-7,11,15-16,20H,8,10H2,1-4H3. The molecule has 1 aliphatic rings. The predicted octanol–water partition coefficient (Wildman–Crippen LogP) is 4.46. The van der Waals surface area contributed by atoms with E-state index in [9.17, 15) is 0 Å². The number of nitriles is 1. The van der Waals surface area contributed by atoms with E-state index >= 15 is 0 Å². The Kier molecular flexibility index (Phi) is 4.81. The van der Waals surface area contributed by atoms with E-state index in [0.717, 1.165) is 18.7 Å². The minimum Gasteiger partial charge on any atom is -0.382 e. The molecule has 2 unspecified atom stereocenters. The molecule has 1 fully saturated rings. The van der Waals surface area contributed by atoms with Gasteiger partial charge in [-0.1, -0.05) is 39.3 Å². The van der Waals surface area contributed by atoms with Crippen LogP contribution in [0.1, 0.15) is 39.7 Å². The lowest BCUT2D eigenvalue weighted by Gasteiger charge is -2.52. The molecule has 1 aromatic rings. The summed E-state index contributed by atoms with van der Waals surface area (Å²) in [5, 5.41) is 13.0. The van der Waals surface area contributed by atoms with E-state index in [4.69, 9.17) is 21.6 Å². The maximum Gasteiger partial charge on any atom is 0.101 e. The van der Waals surface area contributed by atoms with Crippen LogP contribution in [0.15, 0.2) is 18.2 Å².